The largest absolute Gasteiger partial charge is 0.508 e. The highest BCUT2D eigenvalue weighted by Crippen LogP contribution is 2.32. The molecule has 1 N–H and O–H groups in total. The van der Waals surface area contributed by atoms with Gasteiger partial charge in [-0.25, -0.2) is 0 Å². The number of benzene rings is 1. The van der Waals surface area contributed by atoms with E-state index in [1.807, 2.05) is 6.07 Å². The Hall–Kier alpha value is -1.75. The lowest BCUT2D eigenvalue weighted by atomic mass is 10.0. The number of aromatic hydroxyl groups is 1. The Kier molecular flexibility index (Phi) is 4.01. The minimum atomic E-state index is -0.184. The molecular formula is C16H18N2O2S. The maximum Gasteiger partial charge on any atom is 0.286 e. The van der Waals surface area contributed by atoms with Gasteiger partial charge in [0.1, 0.15) is 5.75 Å². The van der Waals surface area contributed by atoms with Crippen LogP contribution in [0.5, 0.6) is 5.75 Å². The molecule has 0 aliphatic carbocycles. The highest BCUT2D eigenvalue weighted by Gasteiger charge is 2.28. The standard InChI is InChI=1S/C16H18N2O2S/c1-11-4-3-7-18(10-11)16-17-15(20)14(21-16)9-12-5-2-6-13(19)8-12/h2,5-6,8-9,11,19H,3-4,7,10H2,1H3/b14-9+/t11-/m1/s1. The number of nitrogens with zero attached hydrogens (tertiary/aromatic N) is 2. The second kappa shape index (κ2) is 5.93. The molecule has 0 aromatic heterocycles. The predicted molar refractivity (Wildman–Crippen MR) is 86.1 cm³/mol. The van der Waals surface area contributed by atoms with Crippen molar-refractivity contribution < 1.29 is 9.90 Å². The molecule has 0 spiro atoms. The average Bonchev–Trinajstić information content (AvgIpc) is 2.80. The van der Waals surface area contributed by atoms with Crippen LogP contribution >= 0.6 is 11.8 Å². The summed E-state index contributed by atoms with van der Waals surface area (Å²) in [5, 5.41) is 10.3. The van der Waals surface area contributed by atoms with E-state index in [-0.39, 0.29) is 11.7 Å². The van der Waals surface area contributed by atoms with E-state index in [1.165, 1.54) is 18.2 Å². The van der Waals surface area contributed by atoms with Crippen molar-refractivity contribution in [2.24, 2.45) is 10.9 Å². The number of hydrogen-bond donors (Lipinski definition) is 1. The number of aliphatic imine (C=N–C) groups is 1. The Labute approximate surface area is 128 Å². The van der Waals surface area contributed by atoms with E-state index in [9.17, 15) is 9.90 Å². The van der Waals surface area contributed by atoms with Crippen molar-refractivity contribution in [2.45, 2.75) is 19.8 Å². The second-order valence-corrected chi connectivity index (χ2v) is 6.61. The lowest BCUT2D eigenvalue weighted by Gasteiger charge is -2.31. The first-order valence-corrected chi connectivity index (χ1v) is 8.00. The molecule has 0 saturated carbocycles. The molecule has 0 radical (unpaired) electrons. The van der Waals surface area contributed by atoms with Gasteiger partial charge in [0, 0.05) is 13.1 Å². The van der Waals surface area contributed by atoms with Gasteiger partial charge in [-0.1, -0.05) is 19.1 Å². The summed E-state index contributed by atoms with van der Waals surface area (Å²) in [6.45, 7) is 4.18. The van der Waals surface area contributed by atoms with Crippen LogP contribution in [0.25, 0.3) is 6.08 Å². The highest BCUT2D eigenvalue weighted by atomic mass is 32.2. The lowest BCUT2D eigenvalue weighted by Crippen LogP contribution is -2.37. The third-order valence-corrected chi connectivity index (χ3v) is 4.75. The van der Waals surface area contributed by atoms with Crippen molar-refractivity contribution in [3.8, 4) is 5.75 Å². The number of piperidine rings is 1. The van der Waals surface area contributed by atoms with Gasteiger partial charge in [0.15, 0.2) is 5.17 Å². The van der Waals surface area contributed by atoms with Crippen LogP contribution in [-0.4, -0.2) is 34.2 Å². The van der Waals surface area contributed by atoms with Gasteiger partial charge >= 0.3 is 0 Å². The Morgan fingerprint density at radius 3 is 3.10 bits per heavy atom. The number of amides is 1. The topological polar surface area (TPSA) is 52.9 Å². The fourth-order valence-electron chi connectivity index (χ4n) is 2.66. The van der Waals surface area contributed by atoms with Gasteiger partial charge in [0.2, 0.25) is 0 Å². The number of phenolic OH excluding ortho intramolecular Hbond substituents is 1. The van der Waals surface area contributed by atoms with Crippen molar-refractivity contribution >= 4 is 28.9 Å². The van der Waals surface area contributed by atoms with Crippen molar-refractivity contribution in [2.75, 3.05) is 13.1 Å². The molecule has 2 aliphatic heterocycles. The third-order valence-electron chi connectivity index (χ3n) is 3.70. The van der Waals surface area contributed by atoms with E-state index in [1.54, 1.807) is 24.3 Å². The van der Waals surface area contributed by atoms with Gasteiger partial charge in [0.05, 0.1) is 4.91 Å². The smallest absolute Gasteiger partial charge is 0.286 e. The average molecular weight is 302 g/mol. The van der Waals surface area contributed by atoms with Gasteiger partial charge in [-0.05, 0) is 54.3 Å². The predicted octanol–water partition coefficient (Wildman–Crippen LogP) is 3.09. The Morgan fingerprint density at radius 2 is 2.33 bits per heavy atom. The Balaban J connectivity index is 1.75. The first kappa shape index (κ1) is 14.2. The van der Waals surface area contributed by atoms with E-state index in [2.05, 4.69) is 16.8 Å². The number of carbonyl (C=O) groups excluding carboxylic acids is 1. The van der Waals surface area contributed by atoms with Crippen LogP contribution in [-0.2, 0) is 4.79 Å². The molecular weight excluding hydrogens is 284 g/mol. The van der Waals surface area contributed by atoms with Gasteiger partial charge in [-0.15, -0.1) is 0 Å². The van der Waals surface area contributed by atoms with Crippen molar-refractivity contribution in [3.63, 3.8) is 0 Å². The first-order chi connectivity index (χ1) is 10.1. The second-order valence-electron chi connectivity index (χ2n) is 5.60. The molecule has 1 aromatic carbocycles. The minimum absolute atomic E-state index is 0.184. The number of carbonyl (C=O) groups is 1. The molecule has 0 bridgehead atoms. The Morgan fingerprint density at radius 1 is 1.48 bits per heavy atom. The van der Waals surface area contributed by atoms with Crippen LogP contribution in [0.3, 0.4) is 0 Å². The zero-order valence-corrected chi connectivity index (χ0v) is 12.8. The Bertz CT molecular complexity index is 624. The summed E-state index contributed by atoms with van der Waals surface area (Å²) >= 11 is 1.43. The maximum absolute atomic E-state index is 12.0. The van der Waals surface area contributed by atoms with E-state index in [0.29, 0.717) is 10.8 Å². The summed E-state index contributed by atoms with van der Waals surface area (Å²) in [6.07, 6.45) is 4.19. The number of hydrogen-bond acceptors (Lipinski definition) is 4. The molecule has 2 heterocycles. The zero-order chi connectivity index (χ0) is 14.8. The molecule has 1 saturated heterocycles. The zero-order valence-electron chi connectivity index (χ0n) is 12.0. The summed E-state index contributed by atoms with van der Waals surface area (Å²) < 4.78 is 0. The fraction of sp³-hybridized carbons (Fsp3) is 0.375. The van der Waals surface area contributed by atoms with Crippen LogP contribution in [0, 0.1) is 5.92 Å². The van der Waals surface area contributed by atoms with E-state index >= 15 is 0 Å². The lowest BCUT2D eigenvalue weighted by molar-refractivity contribution is -0.113. The van der Waals surface area contributed by atoms with E-state index in [4.69, 9.17) is 0 Å². The highest BCUT2D eigenvalue weighted by molar-refractivity contribution is 8.18. The number of phenols is 1. The van der Waals surface area contributed by atoms with E-state index < -0.39 is 0 Å². The summed E-state index contributed by atoms with van der Waals surface area (Å²) in [6, 6.07) is 6.88. The molecule has 21 heavy (non-hydrogen) atoms. The normalized spacial score (nSPS) is 24.5. The van der Waals surface area contributed by atoms with Crippen LogP contribution in [0.1, 0.15) is 25.3 Å². The molecule has 110 valence electrons. The third kappa shape index (κ3) is 3.29. The number of thioether (sulfide) groups is 1. The van der Waals surface area contributed by atoms with Crippen LogP contribution < -0.4 is 0 Å². The van der Waals surface area contributed by atoms with Gasteiger partial charge < -0.3 is 10.0 Å². The summed E-state index contributed by atoms with van der Waals surface area (Å²) in [5.74, 6) is 0.665. The fourth-order valence-corrected chi connectivity index (χ4v) is 3.61. The molecule has 1 aromatic rings. The van der Waals surface area contributed by atoms with Crippen molar-refractivity contribution in [3.05, 3.63) is 34.7 Å². The van der Waals surface area contributed by atoms with Crippen molar-refractivity contribution in [1.82, 2.24) is 4.90 Å². The molecule has 1 fully saturated rings. The molecule has 3 rings (SSSR count). The molecule has 0 unspecified atom stereocenters. The quantitative estimate of drug-likeness (QED) is 0.810. The van der Waals surface area contributed by atoms with E-state index in [0.717, 1.165) is 30.2 Å². The number of amidine groups is 1. The molecule has 2 aliphatic rings. The summed E-state index contributed by atoms with van der Waals surface area (Å²) in [5.41, 5.74) is 0.814. The summed E-state index contributed by atoms with van der Waals surface area (Å²) in [4.78, 5) is 19.0. The molecule has 5 heteroatoms. The van der Waals surface area contributed by atoms with Crippen LogP contribution in [0.15, 0.2) is 34.2 Å². The first-order valence-electron chi connectivity index (χ1n) is 7.18. The van der Waals surface area contributed by atoms with Crippen molar-refractivity contribution in [1.29, 1.82) is 0 Å². The monoisotopic (exact) mass is 302 g/mol. The van der Waals surface area contributed by atoms with Gasteiger partial charge in [0.25, 0.3) is 5.91 Å². The molecule has 1 amide bonds. The van der Waals surface area contributed by atoms with Gasteiger partial charge in [-0.2, -0.15) is 4.99 Å². The number of rotatable bonds is 1. The maximum atomic E-state index is 12.0. The van der Waals surface area contributed by atoms with Crippen LogP contribution in [0.2, 0.25) is 0 Å². The van der Waals surface area contributed by atoms with Gasteiger partial charge in [-0.3, -0.25) is 4.79 Å². The summed E-state index contributed by atoms with van der Waals surface area (Å²) in [7, 11) is 0. The minimum Gasteiger partial charge on any atom is -0.508 e. The SMILES string of the molecule is C[C@@H]1CCCN(C2=NC(=O)/C(=C\c3cccc(O)c3)S2)C1. The molecule has 4 nitrogen and oxygen atoms in total. The molecule has 1 atom stereocenters. The number of likely N-dealkylation sites (tertiary alicyclic amines) is 1. The van der Waals surface area contributed by atoms with Crippen LogP contribution in [0.4, 0.5) is 0 Å².